The second kappa shape index (κ2) is 5.88. The van der Waals surface area contributed by atoms with E-state index < -0.39 is 0 Å². The van der Waals surface area contributed by atoms with Crippen LogP contribution in [0.2, 0.25) is 0 Å². The summed E-state index contributed by atoms with van der Waals surface area (Å²) in [6.07, 6.45) is 7.67. The molecule has 0 fully saturated rings. The zero-order valence-electron chi connectivity index (χ0n) is 11.9. The first-order chi connectivity index (χ1) is 8.72. The summed E-state index contributed by atoms with van der Waals surface area (Å²) in [5, 5.41) is 0. The fraction of sp³-hybridized carbons (Fsp3) is 0.647. The smallest absolute Gasteiger partial charge is 0.00809 e. The Morgan fingerprint density at radius 1 is 1.33 bits per heavy atom. The first kappa shape index (κ1) is 13.6. The van der Waals surface area contributed by atoms with E-state index in [2.05, 4.69) is 38.1 Å². The third-order valence-corrected chi connectivity index (χ3v) is 4.60. The van der Waals surface area contributed by atoms with E-state index in [0.29, 0.717) is 0 Å². The maximum atomic E-state index is 6.20. The molecular formula is C17H27N. The van der Waals surface area contributed by atoms with E-state index in [4.69, 9.17) is 5.73 Å². The molecule has 0 aromatic heterocycles. The Kier molecular flexibility index (Phi) is 4.45. The van der Waals surface area contributed by atoms with E-state index in [9.17, 15) is 0 Å². The highest BCUT2D eigenvalue weighted by Gasteiger charge is 2.35. The maximum absolute atomic E-state index is 6.20. The summed E-state index contributed by atoms with van der Waals surface area (Å²) in [5.41, 5.74) is 9.53. The van der Waals surface area contributed by atoms with Crippen LogP contribution in [0.15, 0.2) is 24.3 Å². The molecule has 0 saturated heterocycles. The molecule has 1 heteroatoms. The van der Waals surface area contributed by atoms with Gasteiger partial charge in [0, 0.05) is 12.0 Å². The summed E-state index contributed by atoms with van der Waals surface area (Å²) in [4.78, 5) is 0. The minimum Gasteiger partial charge on any atom is -0.330 e. The van der Waals surface area contributed by atoms with Crippen LogP contribution in [0.25, 0.3) is 0 Å². The topological polar surface area (TPSA) is 26.0 Å². The SMILES string of the molecule is CCCC(C)CC1(CN)CCCc2ccccc21. The molecule has 1 aliphatic rings. The molecule has 0 radical (unpaired) electrons. The second-order valence-electron chi connectivity index (χ2n) is 6.09. The third-order valence-electron chi connectivity index (χ3n) is 4.60. The van der Waals surface area contributed by atoms with Crippen molar-refractivity contribution < 1.29 is 0 Å². The van der Waals surface area contributed by atoms with E-state index in [1.54, 1.807) is 5.56 Å². The Bertz CT molecular complexity index is 385. The van der Waals surface area contributed by atoms with Crippen molar-refractivity contribution in [2.24, 2.45) is 11.7 Å². The predicted molar refractivity (Wildman–Crippen MR) is 78.8 cm³/mol. The van der Waals surface area contributed by atoms with Crippen LogP contribution in [0.5, 0.6) is 0 Å². The molecule has 0 aliphatic heterocycles. The van der Waals surface area contributed by atoms with Crippen LogP contribution >= 0.6 is 0 Å². The number of hydrogen-bond donors (Lipinski definition) is 1. The summed E-state index contributed by atoms with van der Waals surface area (Å²) >= 11 is 0. The van der Waals surface area contributed by atoms with Gasteiger partial charge in [0.25, 0.3) is 0 Å². The lowest BCUT2D eigenvalue weighted by molar-refractivity contribution is 0.283. The second-order valence-corrected chi connectivity index (χ2v) is 6.09. The van der Waals surface area contributed by atoms with Gasteiger partial charge in [0.05, 0.1) is 0 Å². The lowest BCUT2D eigenvalue weighted by atomic mass is 9.65. The highest BCUT2D eigenvalue weighted by atomic mass is 14.6. The Balaban J connectivity index is 2.27. The van der Waals surface area contributed by atoms with Crippen LogP contribution in [0.3, 0.4) is 0 Å². The summed E-state index contributed by atoms with van der Waals surface area (Å²) in [5.74, 6) is 0.782. The van der Waals surface area contributed by atoms with Gasteiger partial charge in [-0.1, -0.05) is 51.0 Å². The van der Waals surface area contributed by atoms with Gasteiger partial charge in [-0.15, -0.1) is 0 Å². The number of aryl methyl sites for hydroxylation is 1. The van der Waals surface area contributed by atoms with Gasteiger partial charge in [0.1, 0.15) is 0 Å². The van der Waals surface area contributed by atoms with Crippen molar-refractivity contribution in [2.75, 3.05) is 6.54 Å². The number of rotatable bonds is 5. The van der Waals surface area contributed by atoms with Crippen molar-refractivity contribution in [3.63, 3.8) is 0 Å². The van der Waals surface area contributed by atoms with E-state index in [1.807, 2.05) is 0 Å². The average Bonchev–Trinajstić information content (AvgIpc) is 2.39. The minimum atomic E-state index is 0.253. The Labute approximate surface area is 112 Å². The molecule has 2 unspecified atom stereocenters. The largest absolute Gasteiger partial charge is 0.330 e. The molecule has 0 spiro atoms. The monoisotopic (exact) mass is 245 g/mol. The first-order valence-corrected chi connectivity index (χ1v) is 7.50. The molecule has 18 heavy (non-hydrogen) atoms. The average molecular weight is 245 g/mol. The molecule has 0 bridgehead atoms. The van der Waals surface area contributed by atoms with Crippen molar-refractivity contribution in [1.29, 1.82) is 0 Å². The minimum absolute atomic E-state index is 0.253. The Morgan fingerprint density at radius 2 is 2.11 bits per heavy atom. The number of fused-ring (bicyclic) bond motifs is 1. The van der Waals surface area contributed by atoms with Gasteiger partial charge in [0.15, 0.2) is 0 Å². The third kappa shape index (κ3) is 2.61. The normalized spacial score (nSPS) is 24.6. The van der Waals surface area contributed by atoms with E-state index in [-0.39, 0.29) is 5.41 Å². The zero-order chi connectivity index (χ0) is 13.0. The molecule has 2 N–H and O–H groups in total. The van der Waals surface area contributed by atoms with Crippen molar-refractivity contribution >= 4 is 0 Å². The van der Waals surface area contributed by atoms with Gasteiger partial charge < -0.3 is 5.73 Å². The molecule has 1 aromatic rings. The van der Waals surface area contributed by atoms with Gasteiger partial charge in [-0.2, -0.15) is 0 Å². The Morgan fingerprint density at radius 3 is 2.83 bits per heavy atom. The van der Waals surface area contributed by atoms with Gasteiger partial charge >= 0.3 is 0 Å². The Hall–Kier alpha value is -0.820. The standard InChI is InChI=1S/C17H27N/c1-3-7-14(2)12-17(13-18)11-6-9-15-8-4-5-10-16(15)17/h4-5,8,10,14H,3,6-7,9,11-13,18H2,1-2H3. The molecule has 0 heterocycles. The maximum Gasteiger partial charge on any atom is 0.00809 e. The summed E-state index contributed by atoms with van der Waals surface area (Å²) in [7, 11) is 0. The summed E-state index contributed by atoms with van der Waals surface area (Å²) in [6.45, 7) is 5.47. The predicted octanol–water partition coefficient (Wildman–Crippen LogP) is 4.05. The van der Waals surface area contributed by atoms with Crippen LogP contribution in [0.4, 0.5) is 0 Å². The van der Waals surface area contributed by atoms with Crippen molar-refractivity contribution in [1.82, 2.24) is 0 Å². The molecule has 2 atom stereocenters. The zero-order valence-corrected chi connectivity index (χ0v) is 11.9. The molecule has 1 aliphatic carbocycles. The van der Waals surface area contributed by atoms with Crippen LogP contribution in [0, 0.1) is 5.92 Å². The van der Waals surface area contributed by atoms with Gasteiger partial charge in [-0.25, -0.2) is 0 Å². The van der Waals surface area contributed by atoms with Crippen LogP contribution in [-0.4, -0.2) is 6.54 Å². The van der Waals surface area contributed by atoms with Crippen molar-refractivity contribution in [3.8, 4) is 0 Å². The van der Waals surface area contributed by atoms with Gasteiger partial charge in [-0.05, 0) is 42.7 Å². The van der Waals surface area contributed by atoms with E-state index in [1.165, 1.54) is 44.1 Å². The lowest BCUT2D eigenvalue weighted by Crippen LogP contribution is -2.40. The number of nitrogens with two attached hydrogens (primary N) is 1. The van der Waals surface area contributed by atoms with Crippen molar-refractivity contribution in [2.45, 2.75) is 57.8 Å². The van der Waals surface area contributed by atoms with Crippen LogP contribution in [0.1, 0.15) is 57.1 Å². The van der Waals surface area contributed by atoms with Crippen molar-refractivity contribution in [3.05, 3.63) is 35.4 Å². The molecule has 2 rings (SSSR count). The van der Waals surface area contributed by atoms with Crippen LogP contribution in [-0.2, 0) is 11.8 Å². The summed E-state index contributed by atoms with van der Waals surface area (Å²) < 4.78 is 0. The fourth-order valence-corrected chi connectivity index (χ4v) is 3.78. The fourth-order valence-electron chi connectivity index (χ4n) is 3.78. The van der Waals surface area contributed by atoms with E-state index >= 15 is 0 Å². The molecule has 0 saturated carbocycles. The number of benzene rings is 1. The molecular weight excluding hydrogens is 218 g/mol. The molecule has 0 amide bonds. The van der Waals surface area contributed by atoms with Gasteiger partial charge in [-0.3, -0.25) is 0 Å². The quantitative estimate of drug-likeness (QED) is 0.832. The van der Waals surface area contributed by atoms with E-state index in [0.717, 1.165) is 12.5 Å². The number of hydrogen-bond acceptors (Lipinski definition) is 1. The molecule has 1 aromatic carbocycles. The van der Waals surface area contributed by atoms with Gasteiger partial charge in [0.2, 0.25) is 0 Å². The molecule has 100 valence electrons. The highest BCUT2D eigenvalue weighted by Crippen LogP contribution is 2.41. The molecule has 1 nitrogen and oxygen atoms in total. The highest BCUT2D eigenvalue weighted by molar-refractivity contribution is 5.37. The lowest BCUT2D eigenvalue weighted by Gasteiger charge is -2.40. The first-order valence-electron chi connectivity index (χ1n) is 7.50. The summed E-state index contributed by atoms with van der Waals surface area (Å²) in [6, 6.07) is 8.96. The van der Waals surface area contributed by atoms with Crippen LogP contribution < -0.4 is 5.73 Å².